The van der Waals surface area contributed by atoms with Gasteiger partial charge in [-0.25, -0.2) is 19.6 Å². The van der Waals surface area contributed by atoms with Crippen LogP contribution in [0.2, 0.25) is 0 Å². The molecule has 0 radical (unpaired) electrons. The molecule has 2 aromatic heterocycles. The summed E-state index contributed by atoms with van der Waals surface area (Å²) in [6, 6.07) is 3.14. The van der Waals surface area contributed by atoms with E-state index in [0.29, 0.717) is 17.4 Å². The molecule has 7 nitrogen and oxygen atoms in total. The number of urea groups is 1. The van der Waals surface area contributed by atoms with Crippen molar-refractivity contribution in [3.05, 3.63) is 29.4 Å². The number of anilines is 1. The van der Waals surface area contributed by atoms with E-state index in [1.165, 1.54) is 18.4 Å². The lowest BCUT2D eigenvalue weighted by Crippen LogP contribution is -2.28. The first-order chi connectivity index (χ1) is 10.1. The van der Waals surface area contributed by atoms with Crippen LogP contribution in [0.5, 0.6) is 0 Å². The largest absolute Gasteiger partial charge is 0.464 e. The molecule has 0 bridgehead atoms. The Hall–Kier alpha value is -2.48. The Morgan fingerprint density at radius 1 is 1.38 bits per heavy atom. The van der Waals surface area contributed by atoms with Gasteiger partial charge in [0.05, 0.1) is 7.11 Å². The molecular formula is C13H14N4O3S. The summed E-state index contributed by atoms with van der Waals surface area (Å²) in [5, 5.41) is 7.50. The summed E-state index contributed by atoms with van der Waals surface area (Å²) < 4.78 is 4.61. The minimum Gasteiger partial charge on any atom is -0.464 e. The van der Waals surface area contributed by atoms with Crippen LogP contribution >= 0.6 is 11.3 Å². The average molecular weight is 306 g/mol. The first kappa shape index (κ1) is 14.9. The molecule has 2 heterocycles. The molecule has 2 amide bonds. The van der Waals surface area contributed by atoms with Crippen molar-refractivity contribution in [3.8, 4) is 10.6 Å². The molecule has 21 heavy (non-hydrogen) atoms. The number of carbonyl (C=O) groups is 2. The molecule has 0 aliphatic rings. The predicted molar refractivity (Wildman–Crippen MR) is 79.4 cm³/mol. The normalized spacial score (nSPS) is 10.0. The van der Waals surface area contributed by atoms with Gasteiger partial charge in [-0.3, -0.25) is 5.32 Å². The summed E-state index contributed by atoms with van der Waals surface area (Å²) in [5.41, 5.74) is 1.03. The number of hydrogen-bond acceptors (Lipinski definition) is 6. The number of methoxy groups -OCH3 is 1. The number of esters is 1. The number of nitrogens with one attached hydrogen (secondary N) is 2. The molecule has 0 fully saturated rings. The van der Waals surface area contributed by atoms with E-state index in [2.05, 4.69) is 25.3 Å². The third-order valence-corrected chi connectivity index (χ3v) is 3.38. The van der Waals surface area contributed by atoms with Crippen LogP contribution < -0.4 is 10.6 Å². The van der Waals surface area contributed by atoms with Crippen molar-refractivity contribution in [2.45, 2.75) is 6.92 Å². The van der Waals surface area contributed by atoms with Crippen molar-refractivity contribution in [2.75, 3.05) is 19.0 Å². The van der Waals surface area contributed by atoms with Crippen LogP contribution in [0.25, 0.3) is 10.6 Å². The number of amides is 2. The Morgan fingerprint density at radius 3 is 2.81 bits per heavy atom. The molecule has 8 heteroatoms. The Morgan fingerprint density at radius 2 is 2.19 bits per heavy atom. The monoisotopic (exact) mass is 306 g/mol. The number of aromatic nitrogens is 2. The van der Waals surface area contributed by atoms with Crippen LogP contribution in [0.3, 0.4) is 0 Å². The fourth-order valence-electron chi connectivity index (χ4n) is 1.52. The highest BCUT2D eigenvalue weighted by molar-refractivity contribution is 7.13. The highest BCUT2D eigenvalue weighted by Gasteiger charge is 2.12. The van der Waals surface area contributed by atoms with Gasteiger partial charge in [0.1, 0.15) is 10.8 Å². The molecule has 0 unspecified atom stereocenters. The second-order valence-electron chi connectivity index (χ2n) is 3.95. The number of pyridine rings is 1. The number of carbonyl (C=O) groups excluding carboxylic acids is 2. The van der Waals surface area contributed by atoms with Crippen LogP contribution in [0, 0.1) is 0 Å². The van der Waals surface area contributed by atoms with E-state index in [1.54, 1.807) is 23.7 Å². The fraction of sp³-hybridized carbons (Fsp3) is 0.231. The standard InChI is InChI=1S/C13H14N4O3S/c1-3-14-13(19)17-10-5-4-8(6-15-10)11-16-9(7-21-11)12(18)20-2/h4-7H,3H2,1-2H3,(H2,14,15,17,19). The van der Waals surface area contributed by atoms with E-state index in [1.807, 2.05) is 6.92 Å². The quantitative estimate of drug-likeness (QED) is 0.844. The third-order valence-electron chi connectivity index (χ3n) is 2.49. The van der Waals surface area contributed by atoms with Crippen molar-refractivity contribution in [3.63, 3.8) is 0 Å². The number of thiazole rings is 1. The topological polar surface area (TPSA) is 93.2 Å². The van der Waals surface area contributed by atoms with Gasteiger partial charge in [0.25, 0.3) is 0 Å². The summed E-state index contributed by atoms with van der Waals surface area (Å²) in [4.78, 5) is 31.0. The Balaban J connectivity index is 2.10. The molecule has 0 aliphatic carbocycles. The minimum absolute atomic E-state index is 0.266. The molecule has 2 N–H and O–H groups in total. The van der Waals surface area contributed by atoms with Crippen molar-refractivity contribution >= 4 is 29.2 Å². The van der Waals surface area contributed by atoms with E-state index in [-0.39, 0.29) is 11.7 Å². The molecular weight excluding hydrogens is 292 g/mol. The summed E-state index contributed by atoms with van der Waals surface area (Å²) in [7, 11) is 1.31. The molecule has 2 rings (SSSR count). The Bertz CT molecular complexity index is 639. The van der Waals surface area contributed by atoms with Gasteiger partial charge in [-0.15, -0.1) is 11.3 Å². The molecule has 110 valence electrons. The van der Waals surface area contributed by atoms with Gasteiger partial charge in [-0.2, -0.15) is 0 Å². The first-order valence-electron chi connectivity index (χ1n) is 6.19. The highest BCUT2D eigenvalue weighted by Crippen LogP contribution is 2.24. The molecule has 0 aromatic carbocycles. The summed E-state index contributed by atoms with van der Waals surface area (Å²) >= 11 is 1.32. The number of hydrogen-bond donors (Lipinski definition) is 2. The highest BCUT2D eigenvalue weighted by atomic mass is 32.1. The first-order valence-corrected chi connectivity index (χ1v) is 7.07. The molecule has 0 spiro atoms. The van der Waals surface area contributed by atoms with E-state index in [0.717, 1.165) is 5.56 Å². The zero-order valence-electron chi connectivity index (χ0n) is 11.5. The summed E-state index contributed by atoms with van der Waals surface area (Å²) in [6.45, 7) is 2.37. The molecule has 0 aliphatic heterocycles. The van der Waals surface area contributed by atoms with Gasteiger partial charge >= 0.3 is 12.0 Å². The van der Waals surface area contributed by atoms with Crippen LogP contribution in [0.4, 0.5) is 10.6 Å². The van der Waals surface area contributed by atoms with E-state index in [9.17, 15) is 9.59 Å². The third kappa shape index (κ3) is 3.76. The van der Waals surface area contributed by atoms with Crippen LogP contribution in [0.15, 0.2) is 23.7 Å². The zero-order chi connectivity index (χ0) is 15.2. The molecule has 0 atom stereocenters. The summed E-state index contributed by atoms with van der Waals surface area (Å²) in [6.07, 6.45) is 1.58. The lowest BCUT2D eigenvalue weighted by Gasteiger charge is -2.05. The number of ether oxygens (including phenoxy) is 1. The maximum atomic E-state index is 11.4. The second kappa shape index (κ2) is 6.80. The predicted octanol–water partition coefficient (Wildman–Crippen LogP) is 2.13. The van der Waals surface area contributed by atoms with E-state index >= 15 is 0 Å². The van der Waals surface area contributed by atoms with E-state index in [4.69, 9.17) is 0 Å². The van der Waals surface area contributed by atoms with Crippen LogP contribution in [-0.2, 0) is 4.74 Å². The molecule has 0 saturated carbocycles. The lowest BCUT2D eigenvalue weighted by molar-refractivity contribution is 0.0595. The van der Waals surface area contributed by atoms with Gasteiger partial charge in [-0.1, -0.05) is 0 Å². The summed E-state index contributed by atoms with van der Waals surface area (Å²) in [5.74, 6) is -0.0329. The number of rotatable bonds is 4. The number of nitrogens with zero attached hydrogens (tertiary/aromatic N) is 2. The average Bonchev–Trinajstić information content (AvgIpc) is 2.97. The Kier molecular flexibility index (Phi) is 4.83. The fourth-order valence-corrected chi connectivity index (χ4v) is 2.30. The second-order valence-corrected chi connectivity index (χ2v) is 4.80. The van der Waals surface area contributed by atoms with Crippen LogP contribution in [0.1, 0.15) is 17.4 Å². The van der Waals surface area contributed by atoms with Crippen molar-refractivity contribution in [2.24, 2.45) is 0 Å². The van der Waals surface area contributed by atoms with Gasteiger partial charge in [0.2, 0.25) is 0 Å². The van der Waals surface area contributed by atoms with Crippen LogP contribution in [-0.4, -0.2) is 35.6 Å². The zero-order valence-corrected chi connectivity index (χ0v) is 12.4. The Labute approximate surface area is 125 Å². The van der Waals surface area contributed by atoms with E-state index < -0.39 is 5.97 Å². The maximum absolute atomic E-state index is 11.4. The maximum Gasteiger partial charge on any atom is 0.357 e. The van der Waals surface area contributed by atoms with Gasteiger partial charge in [0, 0.05) is 23.7 Å². The minimum atomic E-state index is -0.472. The van der Waals surface area contributed by atoms with Gasteiger partial charge in [0.15, 0.2) is 5.69 Å². The SMILES string of the molecule is CCNC(=O)Nc1ccc(-c2nc(C(=O)OC)cs2)cn1. The van der Waals surface area contributed by atoms with Crippen molar-refractivity contribution in [1.29, 1.82) is 0 Å². The smallest absolute Gasteiger partial charge is 0.357 e. The van der Waals surface area contributed by atoms with Crippen molar-refractivity contribution < 1.29 is 14.3 Å². The van der Waals surface area contributed by atoms with Gasteiger partial charge in [-0.05, 0) is 19.1 Å². The molecule has 2 aromatic rings. The molecule has 0 saturated heterocycles. The van der Waals surface area contributed by atoms with Gasteiger partial charge < -0.3 is 10.1 Å². The lowest BCUT2D eigenvalue weighted by atomic mass is 10.3. The van der Waals surface area contributed by atoms with Crippen molar-refractivity contribution in [1.82, 2.24) is 15.3 Å².